The van der Waals surface area contributed by atoms with Crippen LogP contribution in [-0.2, 0) is 4.43 Å². The highest BCUT2D eigenvalue weighted by Gasteiger charge is 2.03. The second kappa shape index (κ2) is 6.30. The van der Waals surface area contributed by atoms with Gasteiger partial charge in [-0.2, -0.15) is 0 Å². The van der Waals surface area contributed by atoms with Crippen LogP contribution in [0, 0.1) is 0 Å². The van der Waals surface area contributed by atoms with Crippen molar-refractivity contribution >= 4 is 9.04 Å². The Labute approximate surface area is 60.1 Å². The summed E-state index contributed by atoms with van der Waals surface area (Å²) in [7, 11) is -0.710. The Balaban J connectivity index is 3.09. The molecule has 0 saturated carbocycles. The molecule has 0 aromatic carbocycles. The van der Waals surface area contributed by atoms with Crippen LogP contribution in [0.3, 0.4) is 0 Å². The summed E-state index contributed by atoms with van der Waals surface area (Å²) in [6.45, 7) is 7.61. The Bertz CT molecular complexity index is 52.9. The van der Waals surface area contributed by atoms with Crippen molar-refractivity contribution in [2.45, 2.75) is 39.3 Å². The Hall–Kier alpha value is 0.177. The smallest absolute Gasteiger partial charge is 0.176 e. The summed E-state index contributed by atoms with van der Waals surface area (Å²) in [5.74, 6) is 0. The molecule has 0 N–H and O–H groups in total. The lowest BCUT2D eigenvalue weighted by Crippen LogP contribution is -2.15. The third-order valence-corrected chi connectivity index (χ3v) is 4.00. The van der Waals surface area contributed by atoms with E-state index in [0.29, 0.717) is 0 Å². The van der Waals surface area contributed by atoms with E-state index in [4.69, 9.17) is 4.43 Å². The lowest BCUT2D eigenvalue weighted by molar-refractivity contribution is 0.319. The molecule has 9 heavy (non-hydrogen) atoms. The Morgan fingerprint density at radius 2 is 1.67 bits per heavy atom. The first-order valence-corrected chi connectivity index (χ1v) is 6.07. The third-order valence-electron chi connectivity index (χ3n) is 1.47. The molecular weight excluding hydrogens is 128 g/mol. The Morgan fingerprint density at radius 1 is 1.11 bits per heavy atom. The predicted octanol–water partition coefficient (Wildman–Crippen LogP) is 2.18. The molecule has 0 aromatic heterocycles. The summed E-state index contributed by atoms with van der Waals surface area (Å²) >= 11 is 0. The van der Waals surface area contributed by atoms with Gasteiger partial charge in [-0.05, 0) is 18.5 Å². The van der Waals surface area contributed by atoms with Crippen LogP contribution in [0.1, 0.15) is 27.2 Å². The van der Waals surface area contributed by atoms with Crippen LogP contribution in [0.25, 0.3) is 0 Å². The van der Waals surface area contributed by atoms with E-state index in [1.807, 2.05) is 0 Å². The average Bonchev–Trinajstić information content (AvgIpc) is 1.91. The molecule has 0 spiro atoms. The van der Waals surface area contributed by atoms with E-state index in [1.165, 1.54) is 18.5 Å². The number of hydrogen-bond acceptors (Lipinski definition) is 1. The molecule has 2 heteroatoms. The lowest BCUT2D eigenvalue weighted by atomic mass is 10.5. The molecule has 0 aromatic rings. The van der Waals surface area contributed by atoms with Crippen molar-refractivity contribution in [3.8, 4) is 0 Å². The van der Waals surface area contributed by atoms with Gasteiger partial charge in [0.25, 0.3) is 0 Å². The first kappa shape index (κ1) is 9.18. The molecule has 0 radical (unpaired) electrons. The van der Waals surface area contributed by atoms with E-state index in [-0.39, 0.29) is 0 Å². The molecule has 0 amide bonds. The van der Waals surface area contributed by atoms with Crippen LogP contribution in [0.5, 0.6) is 0 Å². The van der Waals surface area contributed by atoms with Crippen molar-refractivity contribution in [1.29, 1.82) is 0 Å². The zero-order valence-corrected chi connectivity index (χ0v) is 7.97. The molecule has 56 valence electrons. The fraction of sp³-hybridized carbons (Fsp3) is 1.00. The molecule has 0 aliphatic carbocycles. The minimum absolute atomic E-state index is 0.710. The summed E-state index contributed by atoms with van der Waals surface area (Å²) in [6, 6.07) is 2.58. The van der Waals surface area contributed by atoms with Crippen LogP contribution in [0.2, 0.25) is 12.1 Å². The highest BCUT2D eigenvalue weighted by atomic mass is 28.3. The van der Waals surface area contributed by atoms with Crippen LogP contribution < -0.4 is 0 Å². The molecule has 0 aliphatic heterocycles. The molecule has 0 aliphatic rings. The normalized spacial score (nSPS) is 10.7. The minimum atomic E-state index is -0.710. The van der Waals surface area contributed by atoms with Crippen LogP contribution in [0.15, 0.2) is 0 Å². The lowest BCUT2D eigenvalue weighted by Gasteiger charge is -2.10. The van der Waals surface area contributed by atoms with Gasteiger partial charge in [0.05, 0.1) is 0 Å². The van der Waals surface area contributed by atoms with Crippen LogP contribution in [-0.4, -0.2) is 15.6 Å². The van der Waals surface area contributed by atoms with Gasteiger partial charge >= 0.3 is 0 Å². The van der Waals surface area contributed by atoms with Gasteiger partial charge in [0.15, 0.2) is 9.04 Å². The van der Waals surface area contributed by atoms with Crippen molar-refractivity contribution in [3.63, 3.8) is 0 Å². The van der Waals surface area contributed by atoms with E-state index in [0.717, 1.165) is 6.61 Å². The van der Waals surface area contributed by atoms with Crippen molar-refractivity contribution in [3.05, 3.63) is 0 Å². The van der Waals surface area contributed by atoms with Gasteiger partial charge < -0.3 is 4.43 Å². The van der Waals surface area contributed by atoms with Crippen LogP contribution in [0.4, 0.5) is 0 Å². The van der Waals surface area contributed by atoms with E-state index < -0.39 is 9.04 Å². The predicted molar refractivity (Wildman–Crippen MR) is 44.4 cm³/mol. The monoisotopic (exact) mass is 146 g/mol. The van der Waals surface area contributed by atoms with Crippen LogP contribution >= 0.6 is 0 Å². The molecule has 0 saturated heterocycles. The van der Waals surface area contributed by atoms with Gasteiger partial charge in [-0.25, -0.2) is 0 Å². The van der Waals surface area contributed by atoms with Gasteiger partial charge in [-0.15, -0.1) is 0 Å². The molecule has 0 rings (SSSR count). The van der Waals surface area contributed by atoms with E-state index in [1.54, 1.807) is 0 Å². The van der Waals surface area contributed by atoms with Crippen molar-refractivity contribution in [2.24, 2.45) is 0 Å². The SMILES string of the molecule is CCCO[SiH](CC)CC. The van der Waals surface area contributed by atoms with Gasteiger partial charge in [0, 0.05) is 6.61 Å². The minimum Gasteiger partial charge on any atom is -0.420 e. The zero-order chi connectivity index (χ0) is 7.11. The molecule has 0 unspecified atom stereocenters. The topological polar surface area (TPSA) is 9.23 Å². The molecule has 0 heterocycles. The quantitative estimate of drug-likeness (QED) is 0.540. The summed E-state index contributed by atoms with van der Waals surface area (Å²) in [5, 5.41) is 0. The second-order valence-electron chi connectivity index (χ2n) is 2.31. The summed E-state index contributed by atoms with van der Waals surface area (Å²) in [6.07, 6.45) is 1.17. The van der Waals surface area contributed by atoms with E-state index in [2.05, 4.69) is 20.8 Å². The highest BCUT2D eigenvalue weighted by Crippen LogP contribution is 1.99. The molecule has 0 bridgehead atoms. The molecular formula is C7H18OSi. The summed E-state index contributed by atoms with van der Waals surface area (Å²) < 4.78 is 5.63. The van der Waals surface area contributed by atoms with Crippen molar-refractivity contribution < 1.29 is 4.43 Å². The van der Waals surface area contributed by atoms with E-state index >= 15 is 0 Å². The first-order valence-electron chi connectivity index (χ1n) is 3.96. The van der Waals surface area contributed by atoms with E-state index in [9.17, 15) is 0 Å². The van der Waals surface area contributed by atoms with Crippen molar-refractivity contribution in [2.75, 3.05) is 6.61 Å². The number of rotatable bonds is 5. The number of hydrogen-bond donors (Lipinski definition) is 0. The maximum Gasteiger partial charge on any atom is 0.176 e. The Kier molecular flexibility index (Phi) is 6.42. The van der Waals surface area contributed by atoms with Gasteiger partial charge in [0.1, 0.15) is 0 Å². The standard InChI is InChI=1S/C7H18OSi/c1-4-7-8-9(5-2)6-3/h9H,4-7H2,1-3H3. The fourth-order valence-electron chi connectivity index (χ4n) is 0.809. The average molecular weight is 146 g/mol. The van der Waals surface area contributed by atoms with Gasteiger partial charge in [-0.1, -0.05) is 20.8 Å². The maximum absolute atomic E-state index is 5.63. The fourth-order valence-corrected chi connectivity index (χ4v) is 2.43. The molecule has 1 nitrogen and oxygen atoms in total. The second-order valence-corrected chi connectivity index (χ2v) is 5.52. The van der Waals surface area contributed by atoms with Crippen molar-refractivity contribution in [1.82, 2.24) is 0 Å². The summed E-state index contributed by atoms with van der Waals surface area (Å²) in [5.41, 5.74) is 0. The zero-order valence-electron chi connectivity index (χ0n) is 6.81. The van der Waals surface area contributed by atoms with Gasteiger partial charge in [0.2, 0.25) is 0 Å². The molecule has 0 fully saturated rings. The highest BCUT2D eigenvalue weighted by molar-refractivity contribution is 6.51. The third kappa shape index (κ3) is 4.67. The molecule has 0 atom stereocenters. The largest absolute Gasteiger partial charge is 0.420 e. The maximum atomic E-state index is 5.63. The Morgan fingerprint density at radius 3 is 2.00 bits per heavy atom. The first-order chi connectivity index (χ1) is 4.35. The summed E-state index contributed by atoms with van der Waals surface area (Å²) in [4.78, 5) is 0. The van der Waals surface area contributed by atoms with Gasteiger partial charge in [-0.3, -0.25) is 0 Å².